The number of likely N-dealkylation sites (N-methyl/N-ethyl adjacent to an activating group) is 1. The molecule has 2 rings (SSSR count). The van der Waals surface area contributed by atoms with E-state index in [1.54, 1.807) is 13.0 Å². The van der Waals surface area contributed by atoms with Gasteiger partial charge in [0.1, 0.15) is 0 Å². The van der Waals surface area contributed by atoms with Gasteiger partial charge in [-0.25, -0.2) is 12.7 Å². The SMILES string of the molecule is CCNC(=O)CNC(=O)c1cc(S(=O)(=O)N(C)C)ccc1N1CCOCC1. The van der Waals surface area contributed by atoms with Gasteiger partial charge in [0.2, 0.25) is 15.9 Å². The molecule has 1 fully saturated rings. The van der Waals surface area contributed by atoms with E-state index in [1.807, 2.05) is 4.90 Å². The maximum atomic E-state index is 12.7. The Hall–Kier alpha value is -2.17. The summed E-state index contributed by atoms with van der Waals surface area (Å²) in [4.78, 5) is 26.3. The first-order valence-corrected chi connectivity index (χ1v) is 10.2. The molecule has 1 aromatic rings. The normalized spacial score (nSPS) is 14.9. The Labute approximate surface area is 159 Å². The highest BCUT2D eigenvalue weighted by Gasteiger charge is 2.24. The molecule has 150 valence electrons. The summed E-state index contributed by atoms with van der Waals surface area (Å²) in [5.74, 6) is -0.811. The number of sulfonamides is 1. The highest BCUT2D eigenvalue weighted by molar-refractivity contribution is 7.89. The fraction of sp³-hybridized carbons (Fsp3) is 0.529. The van der Waals surface area contributed by atoms with Gasteiger partial charge in [-0.05, 0) is 25.1 Å². The van der Waals surface area contributed by atoms with Crippen molar-refractivity contribution >= 4 is 27.5 Å². The average Bonchev–Trinajstić information content (AvgIpc) is 2.66. The molecule has 0 aliphatic carbocycles. The van der Waals surface area contributed by atoms with Gasteiger partial charge in [0, 0.05) is 39.4 Å². The summed E-state index contributed by atoms with van der Waals surface area (Å²) in [6.45, 7) is 4.30. The van der Waals surface area contributed by atoms with Crippen molar-refractivity contribution < 1.29 is 22.7 Å². The zero-order chi connectivity index (χ0) is 20.0. The number of nitrogens with zero attached hydrogens (tertiary/aromatic N) is 2. The molecule has 1 aliphatic heterocycles. The maximum absolute atomic E-state index is 12.7. The molecule has 27 heavy (non-hydrogen) atoms. The summed E-state index contributed by atoms with van der Waals surface area (Å²) >= 11 is 0. The Morgan fingerprint density at radius 1 is 1.19 bits per heavy atom. The Morgan fingerprint density at radius 2 is 1.85 bits per heavy atom. The Balaban J connectivity index is 2.36. The van der Waals surface area contributed by atoms with E-state index in [4.69, 9.17) is 4.74 Å². The fourth-order valence-electron chi connectivity index (χ4n) is 2.66. The van der Waals surface area contributed by atoms with Crippen LogP contribution in [0, 0.1) is 0 Å². The molecule has 1 heterocycles. The van der Waals surface area contributed by atoms with E-state index in [-0.39, 0.29) is 22.9 Å². The zero-order valence-electron chi connectivity index (χ0n) is 15.8. The zero-order valence-corrected chi connectivity index (χ0v) is 16.6. The molecular weight excluding hydrogens is 372 g/mol. The van der Waals surface area contributed by atoms with Crippen molar-refractivity contribution in [2.75, 3.05) is 58.4 Å². The molecule has 1 saturated heterocycles. The number of rotatable bonds is 7. The van der Waals surface area contributed by atoms with Gasteiger partial charge in [-0.2, -0.15) is 0 Å². The van der Waals surface area contributed by atoms with Crippen molar-refractivity contribution in [3.63, 3.8) is 0 Å². The van der Waals surface area contributed by atoms with Crippen LogP contribution in [0.25, 0.3) is 0 Å². The number of amides is 2. The Morgan fingerprint density at radius 3 is 2.44 bits per heavy atom. The second-order valence-electron chi connectivity index (χ2n) is 6.20. The van der Waals surface area contributed by atoms with Crippen molar-refractivity contribution in [3.8, 4) is 0 Å². The van der Waals surface area contributed by atoms with Gasteiger partial charge in [0.25, 0.3) is 5.91 Å². The third-order valence-electron chi connectivity index (χ3n) is 4.13. The first-order chi connectivity index (χ1) is 12.8. The summed E-state index contributed by atoms with van der Waals surface area (Å²) in [6, 6.07) is 4.47. The number of carbonyl (C=O) groups excluding carboxylic acids is 2. The van der Waals surface area contributed by atoms with Gasteiger partial charge in [-0.3, -0.25) is 9.59 Å². The number of hydrogen-bond donors (Lipinski definition) is 2. The van der Waals surface area contributed by atoms with E-state index >= 15 is 0 Å². The fourth-order valence-corrected chi connectivity index (χ4v) is 3.59. The van der Waals surface area contributed by atoms with Crippen LogP contribution in [0.1, 0.15) is 17.3 Å². The minimum Gasteiger partial charge on any atom is -0.378 e. The standard InChI is InChI=1S/C17H26N4O5S/c1-4-18-16(22)12-19-17(23)14-11-13(27(24,25)20(2)3)5-6-15(14)21-7-9-26-10-8-21/h5-6,11H,4,7-10,12H2,1-3H3,(H,18,22)(H,19,23). The number of nitrogens with one attached hydrogen (secondary N) is 2. The van der Waals surface area contributed by atoms with E-state index in [9.17, 15) is 18.0 Å². The quantitative estimate of drug-likeness (QED) is 0.649. The van der Waals surface area contributed by atoms with E-state index < -0.39 is 15.9 Å². The largest absolute Gasteiger partial charge is 0.378 e. The molecule has 0 radical (unpaired) electrons. The lowest BCUT2D eigenvalue weighted by atomic mass is 10.1. The highest BCUT2D eigenvalue weighted by atomic mass is 32.2. The van der Waals surface area contributed by atoms with Crippen LogP contribution < -0.4 is 15.5 Å². The molecular formula is C17H26N4O5S. The van der Waals surface area contributed by atoms with Gasteiger partial charge < -0.3 is 20.3 Å². The second-order valence-corrected chi connectivity index (χ2v) is 8.35. The first kappa shape index (κ1) is 21.1. The van der Waals surface area contributed by atoms with Crippen LogP contribution in [0.5, 0.6) is 0 Å². The summed E-state index contributed by atoms with van der Waals surface area (Å²) < 4.78 is 31.3. The lowest BCUT2D eigenvalue weighted by Crippen LogP contribution is -2.40. The molecule has 0 bridgehead atoms. The van der Waals surface area contributed by atoms with Crippen LogP contribution in [0.3, 0.4) is 0 Å². The van der Waals surface area contributed by atoms with Crippen molar-refractivity contribution in [2.45, 2.75) is 11.8 Å². The third-order valence-corrected chi connectivity index (χ3v) is 5.94. The smallest absolute Gasteiger partial charge is 0.253 e. The third kappa shape index (κ3) is 5.18. The second kappa shape index (κ2) is 9.16. The molecule has 0 unspecified atom stereocenters. The summed E-state index contributed by atoms with van der Waals surface area (Å²) in [5.41, 5.74) is 0.827. The average molecular weight is 398 g/mol. The topological polar surface area (TPSA) is 108 Å². The van der Waals surface area contributed by atoms with Crippen molar-refractivity contribution in [1.82, 2.24) is 14.9 Å². The summed E-state index contributed by atoms with van der Waals surface area (Å²) in [7, 11) is -0.828. The molecule has 1 aliphatic rings. The lowest BCUT2D eigenvalue weighted by molar-refractivity contribution is -0.120. The lowest BCUT2D eigenvalue weighted by Gasteiger charge is -2.30. The van der Waals surface area contributed by atoms with Gasteiger partial charge in [-0.1, -0.05) is 0 Å². The van der Waals surface area contributed by atoms with E-state index in [0.29, 0.717) is 38.5 Å². The number of carbonyl (C=O) groups is 2. The van der Waals surface area contributed by atoms with E-state index in [1.165, 1.54) is 26.2 Å². The van der Waals surface area contributed by atoms with Crippen LogP contribution >= 0.6 is 0 Å². The van der Waals surface area contributed by atoms with Crippen molar-refractivity contribution in [1.29, 1.82) is 0 Å². The van der Waals surface area contributed by atoms with Gasteiger partial charge >= 0.3 is 0 Å². The van der Waals surface area contributed by atoms with E-state index in [2.05, 4.69) is 10.6 Å². The van der Waals surface area contributed by atoms with Crippen molar-refractivity contribution in [2.24, 2.45) is 0 Å². The molecule has 0 spiro atoms. The number of ether oxygens (including phenoxy) is 1. The van der Waals surface area contributed by atoms with Crippen LogP contribution in [-0.2, 0) is 19.6 Å². The molecule has 9 nitrogen and oxygen atoms in total. The summed E-state index contributed by atoms with van der Waals surface area (Å²) in [5, 5.41) is 5.15. The molecule has 2 N–H and O–H groups in total. The number of morpholine rings is 1. The van der Waals surface area contributed by atoms with Crippen LogP contribution in [0.15, 0.2) is 23.1 Å². The Kier molecular flexibility index (Phi) is 7.17. The number of hydrogen-bond acceptors (Lipinski definition) is 6. The predicted octanol–water partition coefficient (Wildman–Crippen LogP) is -0.361. The van der Waals surface area contributed by atoms with Crippen molar-refractivity contribution in [3.05, 3.63) is 23.8 Å². The van der Waals surface area contributed by atoms with Crippen LogP contribution in [0.4, 0.5) is 5.69 Å². The highest BCUT2D eigenvalue weighted by Crippen LogP contribution is 2.26. The van der Waals surface area contributed by atoms with Gasteiger partial charge in [-0.15, -0.1) is 0 Å². The minimum atomic E-state index is -3.69. The predicted molar refractivity (Wildman–Crippen MR) is 101 cm³/mol. The number of anilines is 1. The summed E-state index contributed by atoms with van der Waals surface area (Å²) in [6.07, 6.45) is 0. The van der Waals surface area contributed by atoms with Crippen LogP contribution in [0.2, 0.25) is 0 Å². The van der Waals surface area contributed by atoms with Gasteiger partial charge in [0.15, 0.2) is 0 Å². The first-order valence-electron chi connectivity index (χ1n) is 8.71. The maximum Gasteiger partial charge on any atom is 0.253 e. The molecule has 0 saturated carbocycles. The molecule has 0 aromatic heterocycles. The van der Waals surface area contributed by atoms with Gasteiger partial charge in [0.05, 0.1) is 30.2 Å². The number of benzene rings is 1. The van der Waals surface area contributed by atoms with Crippen LogP contribution in [-0.4, -0.2) is 78.0 Å². The monoisotopic (exact) mass is 398 g/mol. The molecule has 2 amide bonds. The molecule has 10 heteroatoms. The Bertz CT molecular complexity index is 789. The minimum absolute atomic E-state index is 0.0210. The molecule has 0 atom stereocenters. The molecule has 1 aromatic carbocycles. The van der Waals surface area contributed by atoms with E-state index in [0.717, 1.165) is 4.31 Å².